The van der Waals surface area contributed by atoms with Crippen LogP contribution in [0.3, 0.4) is 0 Å². The van der Waals surface area contributed by atoms with Gasteiger partial charge in [0, 0.05) is 31.4 Å². The highest BCUT2D eigenvalue weighted by Crippen LogP contribution is 2.28. The highest BCUT2D eigenvalue weighted by Gasteiger charge is 2.26. The summed E-state index contributed by atoms with van der Waals surface area (Å²) >= 11 is 0. The van der Waals surface area contributed by atoms with Crippen LogP contribution in [0.4, 0.5) is 5.69 Å². The van der Waals surface area contributed by atoms with Crippen molar-refractivity contribution in [1.29, 1.82) is 0 Å². The second kappa shape index (κ2) is 5.72. The van der Waals surface area contributed by atoms with Crippen molar-refractivity contribution in [2.45, 2.75) is 26.3 Å². The van der Waals surface area contributed by atoms with Gasteiger partial charge in [0.15, 0.2) is 0 Å². The van der Waals surface area contributed by atoms with Crippen molar-refractivity contribution in [3.63, 3.8) is 0 Å². The van der Waals surface area contributed by atoms with Crippen LogP contribution < -0.4 is 4.90 Å². The normalized spacial score (nSPS) is 19.8. The number of nitrogens with zero attached hydrogens (tertiary/aromatic N) is 2. The van der Waals surface area contributed by atoms with E-state index in [0.717, 1.165) is 19.6 Å². The van der Waals surface area contributed by atoms with E-state index in [2.05, 4.69) is 48.9 Å². The first-order valence-corrected chi connectivity index (χ1v) is 6.75. The summed E-state index contributed by atoms with van der Waals surface area (Å²) in [4.78, 5) is 4.76. The van der Waals surface area contributed by atoms with Gasteiger partial charge in [0.2, 0.25) is 0 Å². The van der Waals surface area contributed by atoms with Gasteiger partial charge in [-0.05, 0) is 38.4 Å². The number of hydrogen-bond acceptors (Lipinski definition) is 3. The molecule has 1 aliphatic heterocycles. The molecule has 0 bridgehead atoms. The molecule has 0 radical (unpaired) electrons. The van der Waals surface area contributed by atoms with E-state index < -0.39 is 0 Å². The third kappa shape index (κ3) is 2.68. The third-order valence-electron chi connectivity index (χ3n) is 4.00. The van der Waals surface area contributed by atoms with Crippen molar-refractivity contribution in [3.8, 4) is 0 Å². The van der Waals surface area contributed by atoms with Gasteiger partial charge < -0.3 is 10.0 Å². The van der Waals surface area contributed by atoms with Gasteiger partial charge in [-0.25, -0.2) is 0 Å². The first-order chi connectivity index (χ1) is 8.63. The Labute approximate surface area is 110 Å². The molecule has 0 spiro atoms. The Morgan fingerprint density at radius 2 is 2.00 bits per heavy atom. The molecule has 100 valence electrons. The van der Waals surface area contributed by atoms with E-state index in [4.69, 9.17) is 5.11 Å². The maximum Gasteiger partial charge on any atom is 0.0558 e. The van der Waals surface area contributed by atoms with Crippen LogP contribution in [-0.4, -0.2) is 49.3 Å². The van der Waals surface area contributed by atoms with E-state index in [0.29, 0.717) is 6.04 Å². The van der Waals surface area contributed by atoms with Gasteiger partial charge in [-0.3, -0.25) is 4.90 Å². The zero-order valence-corrected chi connectivity index (χ0v) is 11.7. The van der Waals surface area contributed by atoms with Crippen LogP contribution in [-0.2, 0) is 0 Å². The first kappa shape index (κ1) is 13.4. The van der Waals surface area contributed by atoms with Crippen molar-refractivity contribution in [2.75, 3.05) is 38.2 Å². The Morgan fingerprint density at radius 3 is 2.61 bits per heavy atom. The summed E-state index contributed by atoms with van der Waals surface area (Å²) in [6.07, 6.45) is 1.18. The fourth-order valence-corrected chi connectivity index (χ4v) is 2.95. The average molecular weight is 248 g/mol. The standard InChI is InChI=1S/C15H24N2O/c1-12-5-4-6-13(2)15(12)17-8-7-14(11-17)16(3)9-10-18/h4-6,14,18H,7-11H2,1-3H3. The SMILES string of the molecule is Cc1cccc(C)c1N1CCC(N(C)CCO)C1. The molecule has 1 aromatic carbocycles. The van der Waals surface area contributed by atoms with E-state index in [9.17, 15) is 0 Å². The lowest BCUT2D eigenvalue weighted by molar-refractivity contribution is 0.188. The van der Waals surface area contributed by atoms with Gasteiger partial charge in [0.1, 0.15) is 0 Å². The molecule has 0 aliphatic carbocycles. The molecule has 2 rings (SSSR count). The molecule has 1 unspecified atom stereocenters. The molecule has 3 heteroatoms. The minimum atomic E-state index is 0.246. The van der Waals surface area contributed by atoms with Crippen LogP contribution in [0.1, 0.15) is 17.5 Å². The van der Waals surface area contributed by atoms with Gasteiger partial charge >= 0.3 is 0 Å². The van der Waals surface area contributed by atoms with E-state index in [1.54, 1.807) is 0 Å². The van der Waals surface area contributed by atoms with Crippen LogP contribution in [0.2, 0.25) is 0 Å². The van der Waals surface area contributed by atoms with Gasteiger partial charge in [0.25, 0.3) is 0 Å². The van der Waals surface area contributed by atoms with E-state index in [-0.39, 0.29) is 6.61 Å². The Bertz CT molecular complexity index is 385. The number of para-hydroxylation sites is 1. The molecule has 18 heavy (non-hydrogen) atoms. The van der Waals surface area contributed by atoms with Crippen molar-refractivity contribution < 1.29 is 5.11 Å². The second-order valence-electron chi connectivity index (χ2n) is 5.33. The number of hydrogen-bond donors (Lipinski definition) is 1. The molecule has 0 saturated carbocycles. The second-order valence-corrected chi connectivity index (χ2v) is 5.33. The van der Waals surface area contributed by atoms with Gasteiger partial charge in [0.05, 0.1) is 6.61 Å². The molecular weight excluding hydrogens is 224 g/mol. The Kier molecular flexibility index (Phi) is 4.25. The van der Waals surface area contributed by atoms with E-state index in [1.807, 2.05) is 0 Å². The number of likely N-dealkylation sites (N-methyl/N-ethyl adjacent to an activating group) is 1. The number of anilines is 1. The number of aryl methyl sites for hydroxylation is 2. The topological polar surface area (TPSA) is 26.7 Å². The molecule has 1 aromatic rings. The van der Waals surface area contributed by atoms with Crippen molar-refractivity contribution in [1.82, 2.24) is 4.90 Å². The van der Waals surface area contributed by atoms with E-state index >= 15 is 0 Å². The zero-order chi connectivity index (χ0) is 13.1. The minimum Gasteiger partial charge on any atom is -0.395 e. The van der Waals surface area contributed by atoms with Crippen LogP contribution in [0.5, 0.6) is 0 Å². The summed E-state index contributed by atoms with van der Waals surface area (Å²) in [7, 11) is 2.11. The monoisotopic (exact) mass is 248 g/mol. The quantitative estimate of drug-likeness (QED) is 0.880. The molecule has 1 aliphatic rings. The summed E-state index contributed by atoms with van der Waals surface area (Å²) < 4.78 is 0. The molecule has 1 saturated heterocycles. The van der Waals surface area contributed by atoms with Crippen molar-refractivity contribution >= 4 is 5.69 Å². The summed E-state index contributed by atoms with van der Waals surface area (Å²) in [6.45, 7) is 7.58. The van der Waals surface area contributed by atoms with Gasteiger partial charge in [-0.15, -0.1) is 0 Å². The molecule has 1 N–H and O–H groups in total. The maximum absolute atomic E-state index is 9.01. The molecular formula is C15H24N2O. The van der Waals surface area contributed by atoms with Gasteiger partial charge in [-0.1, -0.05) is 18.2 Å². The average Bonchev–Trinajstić information content (AvgIpc) is 2.78. The molecule has 0 aromatic heterocycles. The highest BCUT2D eigenvalue weighted by molar-refractivity contribution is 5.59. The number of benzene rings is 1. The number of aliphatic hydroxyl groups is 1. The number of aliphatic hydroxyl groups excluding tert-OH is 1. The minimum absolute atomic E-state index is 0.246. The predicted molar refractivity (Wildman–Crippen MR) is 76.2 cm³/mol. The van der Waals surface area contributed by atoms with Crippen LogP contribution in [0.15, 0.2) is 18.2 Å². The van der Waals surface area contributed by atoms with Gasteiger partial charge in [-0.2, -0.15) is 0 Å². The summed E-state index contributed by atoms with van der Waals surface area (Å²) in [5.74, 6) is 0. The molecule has 1 heterocycles. The van der Waals surface area contributed by atoms with Crippen molar-refractivity contribution in [2.24, 2.45) is 0 Å². The lowest BCUT2D eigenvalue weighted by Gasteiger charge is -2.26. The summed E-state index contributed by atoms with van der Waals surface area (Å²) in [5.41, 5.74) is 4.12. The highest BCUT2D eigenvalue weighted by atomic mass is 16.3. The fraction of sp³-hybridized carbons (Fsp3) is 0.600. The summed E-state index contributed by atoms with van der Waals surface area (Å²) in [6, 6.07) is 7.07. The molecule has 1 fully saturated rings. The number of rotatable bonds is 4. The van der Waals surface area contributed by atoms with E-state index in [1.165, 1.54) is 23.2 Å². The Morgan fingerprint density at radius 1 is 1.33 bits per heavy atom. The van der Waals surface area contributed by atoms with Crippen LogP contribution in [0, 0.1) is 13.8 Å². The predicted octanol–water partition coefficient (Wildman–Crippen LogP) is 1.81. The lowest BCUT2D eigenvalue weighted by atomic mass is 10.1. The smallest absolute Gasteiger partial charge is 0.0558 e. The van der Waals surface area contributed by atoms with Crippen molar-refractivity contribution in [3.05, 3.63) is 29.3 Å². The van der Waals surface area contributed by atoms with Crippen LogP contribution >= 0.6 is 0 Å². The Hall–Kier alpha value is -1.06. The molecule has 3 nitrogen and oxygen atoms in total. The Balaban J connectivity index is 2.09. The molecule has 1 atom stereocenters. The fourth-order valence-electron chi connectivity index (χ4n) is 2.95. The third-order valence-corrected chi connectivity index (χ3v) is 4.00. The zero-order valence-electron chi connectivity index (χ0n) is 11.7. The maximum atomic E-state index is 9.01. The molecule has 0 amide bonds. The first-order valence-electron chi connectivity index (χ1n) is 6.75. The van der Waals surface area contributed by atoms with Crippen LogP contribution in [0.25, 0.3) is 0 Å². The largest absolute Gasteiger partial charge is 0.395 e. The summed E-state index contributed by atoms with van der Waals surface area (Å²) in [5, 5.41) is 9.01. The lowest BCUT2D eigenvalue weighted by Crippen LogP contribution is -2.36.